The molecule has 132 valence electrons. The first kappa shape index (κ1) is 16.4. The van der Waals surface area contributed by atoms with E-state index in [0.29, 0.717) is 11.1 Å². The average molecular weight is 360 g/mol. The molecule has 0 atom stereocenters. The van der Waals surface area contributed by atoms with Crippen molar-refractivity contribution in [1.82, 2.24) is 0 Å². The molecule has 0 amide bonds. The number of hydrogen-bond donors (Lipinski definition) is 0. The van der Waals surface area contributed by atoms with Crippen molar-refractivity contribution in [2.75, 3.05) is 0 Å². The molecule has 1 aliphatic carbocycles. The van der Waals surface area contributed by atoms with Crippen LogP contribution in [0.4, 0.5) is 0 Å². The molecule has 0 N–H and O–H groups in total. The third kappa shape index (κ3) is 2.43. The lowest BCUT2D eigenvalue weighted by atomic mass is 9.80. The quantitative estimate of drug-likeness (QED) is 0.347. The molecular weight excluding hydrogens is 344 g/mol. The van der Waals surface area contributed by atoms with E-state index in [9.17, 15) is 9.59 Å². The Labute approximate surface area is 163 Å². The lowest BCUT2D eigenvalue weighted by Crippen LogP contribution is -1.98. The first-order valence-electron chi connectivity index (χ1n) is 9.18. The van der Waals surface area contributed by atoms with Crippen LogP contribution < -0.4 is 0 Å². The molecule has 0 unspecified atom stereocenters. The standard InChI is InChI=1S/C26H16O2/c27-15-17-9-11-23-21-7-3-1-5-19(21)20-6-2-4-8-22(20)24-12-10-18(16-28)14-26(24)25(23)13-17/h1-16H. The van der Waals surface area contributed by atoms with Gasteiger partial charge in [-0.25, -0.2) is 0 Å². The number of hydrogen-bond acceptors (Lipinski definition) is 2. The minimum absolute atomic E-state index is 0.618. The summed E-state index contributed by atoms with van der Waals surface area (Å²) in [5.41, 5.74) is 9.82. The summed E-state index contributed by atoms with van der Waals surface area (Å²) in [5, 5.41) is 0. The molecule has 2 heteroatoms. The van der Waals surface area contributed by atoms with Gasteiger partial charge in [0.2, 0.25) is 0 Å². The van der Waals surface area contributed by atoms with Gasteiger partial charge in [0.05, 0.1) is 0 Å². The largest absolute Gasteiger partial charge is 0.298 e. The van der Waals surface area contributed by atoms with Crippen LogP contribution in [-0.4, -0.2) is 12.6 Å². The summed E-state index contributed by atoms with van der Waals surface area (Å²) >= 11 is 0. The molecule has 1 aliphatic rings. The van der Waals surface area contributed by atoms with Gasteiger partial charge in [0.1, 0.15) is 12.6 Å². The van der Waals surface area contributed by atoms with E-state index in [0.717, 1.165) is 57.1 Å². The summed E-state index contributed by atoms with van der Waals surface area (Å²) in [7, 11) is 0. The van der Waals surface area contributed by atoms with Crippen LogP contribution in [0.1, 0.15) is 20.7 Å². The maximum Gasteiger partial charge on any atom is 0.150 e. The van der Waals surface area contributed by atoms with Crippen molar-refractivity contribution < 1.29 is 9.59 Å². The van der Waals surface area contributed by atoms with E-state index in [1.807, 2.05) is 60.7 Å². The highest BCUT2D eigenvalue weighted by Crippen LogP contribution is 2.47. The van der Waals surface area contributed by atoms with Gasteiger partial charge < -0.3 is 0 Å². The van der Waals surface area contributed by atoms with Crippen molar-refractivity contribution in [3.05, 3.63) is 96.1 Å². The van der Waals surface area contributed by atoms with Gasteiger partial charge in [-0.1, -0.05) is 72.8 Å². The minimum atomic E-state index is 0.618. The summed E-state index contributed by atoms with van der Waals surface area (Å²) in [6.45, 7) is 0. The SMILES string of the molecule is O=Cc1ccc2c(c1)-c1cc(C=O)ccc1-c1ccccc1-c1ccccc1-2. The Morgan fingerprint density at radius 1 is 0.393 bits per heavy atom. The number of carbonyl (C=O) groups excluding carboxylic acids is 2. The second-order valence-electron chi connectivity index (χ2n) is 6.94. The molecule has 0 saturated heterocycles. The van der Waals surface area contributed by atoms with E-state index < -0.39 is 0 Å². The zero-order chi connectivity index (χ0) is 19.1. The summed E-state index contributed by atoms with van der Waals surface area (Å²) in [4.78, 5) is 22.9. The highest BCUT2D eigenvalue weighted by molar-refractivity contribution is 6.04. The predicted octanol–water partition coefficient (Wildman–Crippen LogP) is 6.29. The lowest BCUT2D eigenvalue weighted by Gasteiger charge is -2.23. The average Bonchev–Trinajstić information content (AvgIpc) is 2.77. The second kappa shape index (κ2) is 6.43. The maximum atomic E-state index is 11.5. The molecule has 0 bridgehead atoms. The highest BCUT2D eigenvalue weighted by atomic mass is 16.1. The number of fused-ring (bicyclic) bond motifs is 8. The highest BCUT2D eigenvalue weighted by Gasteiger charge is 2.22. The van der Waals surface area contributed by atoms with Crippen LogP contribution in [0.25, 0.3) is 44.5 Å². The zero-order valence-corrected chi connectivity index (χ0v) is 15.1. The zero-order valence-electron chi connectivity index (χ0n) is 15.1. The number of aldehydes is 2. The van der Waals surface area contributed by atoms with Gasteiger partial charge in [-0.05, 0) is 56.6 Å². The molecule has 4 aromatic rings. The molecule has 4 aromatic carbocycles. The predicted molar refractivity (Wildman–Crippen MR) is 113 cm³/mol. The van der Waals surface area contributed by atoms with Crippen LogP contribution in [0, 0.1) is 0 Å². The van der Waals surface area contributed by atoms with Gasteiger partial charge in [-0.15, -0.1) is 0 Å². The van der Waals surface area contributed by atoms with Crippen molar-refractivity contribution in [2.45, 2.75) is 0 Å². The second-order valence-corrected chi connectivity index (χ2v) is 6.94. The first-order valence-corrected chi connectivity index (χ1v) is 9.18. The van der Waals surface area contributed by atoms with Crippen molar-refractivity contribution >= 4 is 12.6 Å². The topological polar surface area (TPSA) is 34.1 Å². The Hall–Kier alpha value is -3.78. The van der Waals surface area contributed by atoms with Crippen LogP contribution in [0.15, 0.2) is 84.9 Å². The molecule has 0 spiro atoms. The van der Waals surface area contributed by atoms with Crippen LogP contribution in [0.2, 0.25) is 0 Å². The van der Waals surface area contributed by atoms with E-state index in [1.165, 1.54) is 0 Å². The lowest BCUT2D eigenvalue weighted by molar-refractivity contribution is 0.111. The first-order chi connectivity index (χ1) is 13.8. The van der Waals surface area contributed by atoms with E-state index in [2.05, 4.69) is 24.3 Å². The smallest absolute Gasteiger partial charge is 0.150 e. The molecule has 0 radical (unpaired) electrons. The van der Waals surface area contributed by atoms with Gasteiger partial charge in [0.25, 0.3) is 0 Å². The third-order valence-corrected chi connectivity index (χ3v) is 5.37. The summed E-state index contributed by atoms with van der Waals surface area (Å²) in [6.07, 6.45) is 1.73. The molecule has 0 fully saturated rings. The monoisotopic (exact) mass is 360 g/mol. The fourth-order valence-corrected chi connectivity index (χ4v) is 4.09. The van der Waals surface area contributed by atoms with Crippen LogP contribution >= 0.6 is 0 Å². The van der Waals surface area contributed by atoms with Gasteiger partial charge >= 0.3 is 0 Å². The molecule has 0 saturated carbocycles. The molecule has 28 heavy (non-hydrogen) atoms. The van der Waals surface area contributed by atoms with Crippen LogP contribution in [-0.2, 0) is 0 Å². The molecule has 5 rings (SSSR count). The summed E-state index contributed by atoms with van der Waals surface area (Å²) < 4.78 is 0. The molecule has 0 aromatic heterocycles. The number of carbonyl (C=O) groups is 2. The number of benzene rings is 4. The molecule has 0 heterocycles. The van der Waals surface area contributed by atoms with Crippen molar-refractivity contribution in [2.24, 2.45) is 0 Å². The number of rotatable bonds is 2. The Morgan fingerprint density at radius 3 is 1.04 bits per heavy atom. The fraction of sp³-hybridized carbons (Fsp3) is 0. The van der Waals surface area contributed by atoms with E-state index in [1.54, 1.807) is 0 Å². The van der Waals surface area contributed by atoms with Crippen molar-refractivity contribution in [1.29, 1.82) is 0 Å². The Bertz CT molecular complexity index is 1150. The van der Waals surface area contributed by atoms with E-state index in [4.69, 9.17) is 0 Å². The van der Waals surface area contributed by atoms with Crippen LogP contribution in [0.5, 0.6) is 0 Å². The molecule has 0 aliphatic heterocycles. The summed E-state index contributed by atoms with van der Waals surface area (Å²) in [6, 6.07) is 28.2. The maximum absolute atomic E-state index is 11.5. The van der Waals surface area contributed by atoms with Gasteiger partial charge in [-0.3, -0.25) is 9.59 Å². The minimum Gasteiger partial charge on any atom is -0.298 e. The molecular formula is C26H16O2. The van der Waals surface area contributed by atoms with Gasteiger partial charge in [0, 0.05) is 11.1 Å². The van der Waals surface area contributed by atoms with E-state index >= 15 is 0 Å². The normalized spacial score (nSPS) is 11.1. The molecule has 2 nitrogen and oxygen atoms in total. The Morgan fingerprint density at radius 2 is 0.714 bits per heavy atom. The Balaban J connectivity index is 1.99. The van der Waals surface area contributed by atoms with Crippen molar-refractivity contribution in [3.63, 3.8) is 0 Å². The van der Waals surface area contributed by atoms with Gasteiger partial charge in [0.15, 0.2) is 0 Å². The third-order valence-electron chi connectivity index (χ3n) is 5.37. The van der Waals surface area contributed by atoms with Gasteiger partial charge in [-0.2, -0.15) is 0 Å². The fourth-order valence-electron chi connectivity index (χ4n) is 4.09. The van der Waals surface area contributed by atoms with Crippen LogP contribution in [0.3, 0.4) is 0 Å². The summed E-state index contributed by atoms with van der Waals surface area (Å²) in [5.74, 6) is 0. The van der Waals surface area contributed by atoms with E-state index in [-0.39, 0.29) is 0 Å². The Kier molecular flexibility index (Phi) is 3.77. The van der Waals surface area contributed by atoms with Crippen molar-refractivity contribution in [3.8, 4) is 44.5 Å².